The van der Waals surface area contributed by atoms with Crippen molar-refractivity contribution in [3.63, 3.8) is 0 Å². The second-order valence-electron chi connectivity index (χ2n) is 4.34. The number of rotatable bonds is 8. The number of ether oxygens (including phenoxy) is 1. The molecule has 0 spiro atoms. The molecule has 4 nitrogen and oxygen atoms in total. The third kappa shape index (κ3) is 5.86. The molecule has 112 valence electrons. The van der Waals surface area contributed by atoms with Crippen LogP contribution < -0.4 is 15.4 Å². The number of alkyl halides is 2. The molecular weight excluding hydrogens is 266 g/mol. The summed E-state index contributed by atoms with van der Waals surface area (Å²) < 4.78 is 28.2. The van der Waals surface area contributed by atoms with Crippen molar-refractivity contribution in [1.82, 2.24) is 5.32 Å². The summed E-state index contributed by atoms with van der Waals surface area (Å²) in [7, 11) is 0. The highest BCUT2D eigenvalue weighted by Gasteiger charge is 2.08. The zero-order valence-electron chi connectivity index (χ0n) is 11.7. The molecule has 0 unspecified atom stereocenters. The highest BCUT2D eigenvalue weighted by molar-refractivity contribution is 5.80. The number of nitrogens with one attached hydrogen (secondary N) is 2. The van der Waals surface area contributed by atoms with E-state index in [1.807, 2.05) is 13.8 Å². The second kappa shape index (κ2) is 8.35. The van der Waals surface area contributed by atoms with Crippen molar-refractivity contribution in [1.29, 1.82) is 0 Å². The van der Waals surface area contributed by atoms with Crippen LogP contribution in [0.25, 0.3) is 0 Å². The molecule has 0 heterocycles. The van der Waals surface area contributed by atoms with E-state index in [9.17, 15) is 13.6 Å². The number of benzene rings is 1. The van der Waals surface area contributed by atoms with Crippen molar-refractivity contribution in [3.8, 4) is 5.75 Å². The molecule has 0 aromatic heterocycles. The predicted molar refractivity (Wildman–Crippen MR) is 74.1 cm³/mol. The standard InChI is InChI=1S/C14H20F2N2O2/c1-3-10(4-2)18-13(19)9-17-11-5-7-12(8-6-11)20-14(15)16/h5-8,10,14,17H,3-4,9H2,1-2H3,(H,18,19). The number of hydrogen-bond acceptors (Lipinski definition) is 3. The van der Waals surface area contributed by atoms with Crippen molar-refractivity contribution in [2.45, 2.75) is 39.3 Å². The van der Waals surface area contributed by atoms with E-state index >= 15 is 0 Å². The fourth-order valence-electron chi connectivity index (χ4n) is 1.71. The molecule has 0 aliphatic carbocycles. The van der Waals surface area contributed by atoms with E-state index in [0.29, 0.717) is 5.69 Å². The van der Waals surface area contributed by atoms with Gasteiger partial charge in [-0.3, -0.25) is 4.79 Å². The molecule has 0 saturated carbocycles. The molecule has 1 amide bonds. The van der Waals surface area contributed by atoms with Crippen LogP contribution in [0.5, 0.6) is 5.75 Å². The Morgan fingerprint density at radius 3 is 2.30 bits per heavy atom. The molecule has 0 saturated heterocycles. The van der Waals surface area contributed by atoms with Gasteiger partial charge in [-0.05, 0) is 37.1 Å². The minimum absolute atomic E-state index is 0.0898. The quantitative estimate of drug-likeness (QED) is 0.772. The Kier molecular flexibility index (Phi) is 6.76. The van der Waals surface area contributed by atoms with Crippen LogP contribution in [0.2, 0.25) is 0 Å². The van der Waals surface area contributed by atoms with Gasteiger partial charge in [-0.15, -0.1) is 0 Å². The largest absolute Gasteiger partial charge is 0.435 e. The molecule has 0 atom stereocenters. The van der Waals surface area contributed by atoms with Crippen molar-refractivity contribution in [2.24, 2.45) is 0 Å². The number of carbonyl (C=O) groups excluding carboxylic acids is 1. The Labute approximate surface area is 117 Å². The average molecular weight is 286 g/mol. The summed E-state index contributed by atoms with van der Waals surface area (Å²) in [6.07, 6.45) is 1.78. The summed E-state index contributed by atoms with van der Waals surface area (Å²) in [4.78, 5) is 11.7. The van der Waals surface area contributed by atoms with Gasteiger partial charge in [0.25, 0.3) is 0 Å². The zero-order valence-corrected chi connectivity index (χ0v) is 11.7. The topological polar surface area (TPSA) is 50.4 Å². The van der Waals surface area contributed by atoms with Crippen molar-refractivity contribution < 1.29 is 18.3 Å². The molecule has 6 heteroatoms. The van der Waals surface area contributed by atoms with Gasteiger partial charge >= 0.3 is 6.61 Å². The lowest BCUT2D eigenvalue weighted by Crippen LogP contribution is -2.37. The van der Waals surface area contributed by atoms with Crippen molar-refractivity contribution >= 4 is 11.6 Å². The lowest BCUT2D eigenvalue weighted by molar-refractivity contribution is -0.120. The maximum absolute atomic E-state index is 12.0. The normalized spacial score (nSPS) is 10.7. The smallest absolute Gasteiger partial charge is 0.387 e. The molecular formula is C14H20F2N2O2. The number of amides is 1. The monoisotopic (exact) mass is 286 g/mol. The van der Waals surface area contributed by atoms with Gasteiger partial charge in [-0.2, -0.15) is 8.78 Å². The second-order valence-corrected chi connectivity index (χ2v) is 4.34. The van der Waals surface area contributed by atoms with Crippen LogP contribution in [-0.4, -0.2) is 25.1 Å². The van der Waals surface area contributed by atoms with Crippen LogP contribution >= 0.6 is 0 Å². The molecule has 0 radical (unpaired) electrons. The SMILES string of the molecule is CCC(CC)NC(=O)CNc1ccc(OC(F)F)cc1. The van der Waals surface area contributed by atoms with E-state index in [2.05, 4.69) is 15.4 Å². The summed E-state index contributed by atoms with van der Waals surface area (Å²) in [6.45, 7) is 1.35. The summed E-state index contributed by atoms with van der Waals surface area (Å²) in [6, 6.07) is 6.20. The minimum Gasteiger partial charge on any atom is -0.435 e. The van der Waals surface area contributed by atoms with E-state index in [1.54, 1.807) is 12.1 Å². The lowest BCUT2D eigenvalue weighted by atomic mass is 10.2. The average Bonchev–Trinajstić information content (AvgIpc) is 2.43. The summed E-state index contributed by atoms with van der Waals surface area (Å²) in [5.41, 5.74) is 0.673. The lowest BCUT2D eigenvalue weighted by Gasteiger charge is -2.15. The van der Waals surface area contributed by atoms with Crippen LogP contribution in [0.3, 0.4) is 0 Å². The first kappa shape index (κ1) is 16.2. The number of hydrogen-bond donors (Lipinski definition) is 2. The maximum Gasteiger partial charge on any atom is 0.387 e. The van der Waals surface area contributed by atoms with E-state index < -0.39 is 6.61 Å². The summed E-state index contributed by atoms with van der Waals surface area (Å²) in [5.74, 6) is -0.00126. The molecule has 1 aromatic carbocycles. The molecule has 2 N–H and O–H groups in total. The Morgan fingerprint density at radius 2 is 1.80 bits per heavy atom. The molecule has 0 aliphatic heterocycles. The van der Waals surface area contributed by atoms with Gasteiger partial charge in [0.05, 0.1) is 6.54 Å². The number of anilines is 1. The van der Waals surface area contributed by atoms with Gasteiger partial charge in [0.15, 0.2) is 0 Å². The fourth-order valence-corrected chi connectivity index (χ4v) is 1.71. The third-order valence-corrected chi connectivity index (χ3v) is 2.88. The number of halogens is 2. The highest BCUT2D eigenvalue weighted by atomic mass is 19.3. The van der Waals surface area contributed by atoms with Crippen LogP contribution in [0.4, 0.5) is 14.5 Å². The highest BCUT2D eigenvalue weighted by Crippen LogP contribution is 2.17. The van der Waals surface area contributed by atoms with E-state index in [0.717, 1.165) is 12.8 Å². The molecule has 20 heavy (non-hydrogen) atoms. The Morgan fingerprint density at radius 1 is 1.20 bits per heavy atom. The Bertz CT molecular complexity index is 406. The summed E-state index contributed by atoms with van der Waals surface area (Å²) in [5, 5.41) is 5.82. The van der Waals surface area contributed by atoms with Crippen LogP contribution in [0.1, 0.15) is 26.7 Å². The van der Waals surface area contributed by atoms with E-state index in [-0.39, 0.29) is 24.2 Å². The van der Waals surface area contributed by atoms with Gasteiger partial charge in [0.2, 0.25) is 5.91 Å². The van der Waals surface area contributed by atoms with Crippen molar-refractivity contribution in [2.75, 3.05) is 11.9 Å². The molecule has 1 aromatic rings. The van der Waals surface area contributed by atoms with Gasteiger partial charge in [0, 0.05) is 11.7 Å². The molecule has 1 rings (SSSR count). The van der Waals surface area contributed by atoms with E-state index in [1.165, 1.54) is 12.1 Å². The van der Waals surface area contributed by atoms with Crippen molar-refractivity contribution in [3.05, 3.63) is 24.3 Å². The van der Waals surface area contributed by atoms with Gasteiger partial charge in [-0.25, -0.2) is 0 Å². The first-order valence-corrected chi connectivity index (χ1v) is 6.63. The summed E-state index contributed by atoms with van der Waals surface area (Å²) >= 11 is 0. The minimum atomic E-state index is -2.83. The van der Waals surface area contributed by atoms with E-state index in [4.69, 9.17) is 0 Å². The van der Waals surface area contributed by atoms with Gasteiger partial charge in [0.1, 0.15) is 5.75 Å². The zero-order chi connectivity index (χ0) is 15.0. The molecule has 0 fully saturated rings. The van der Waals surface area contributed by atoms with Crippen LogP contribution in [0, 0.1) is 0 Å². The first-order valence-electron chi connectivity index (χ1n) is 6.63. The number of carbonyl (C=O) groups is 1. The van der Waals surface area contributed by atoms with Gasteiger partial charge < -0.3 is 15.4 Å². The molecule has 0 aliphatic rings. The van der Waals surface area contributed by atoms with Crippen LogP contribution in [-0.2, 0) is 4.79 Å². The van der Waals surface area contributed by atoms with Crippen LogP contribution in [0.15, 0.2) is 24.3 Å². The predicted octanol–water partition coefficient (Wildman–Crippen LogP) is 3.00. The fraction of sp³-hybridized carbons (Fsp3) is 0.500. The Hall–Kier alpha value is -1.85. The first-order chi connectivity index (χ1) is 9.55. The Balaban J connectivity index is 2.39. The van der Waals surface area contributed by atoms with Gasteiger partial charge in [-0.1, -0.05) is 13.8 Å². The molecule has 0 bridgehead atoms. The maximum atomic E-state index is 12.0. The third-order valence-electron chi connectivity index (χ3n) is 2.88.